The lowest BCUT2D eigenvalue weighted by Gasteiger charge is -2.36. The van der Waals surface area contributed by atoms with Crippen LogP contribution in [0.5, 0.6) is 0 Å². The number of carbonyl (C=O) groups excluding carboxylic acids is 1. The van der Waals surface area contributed by atoms with Crippen molar-refractivity contribution < 1.29 is 19.4 Å². The molecule has 1 spiro atoms. The van der Waals surface area contributed by atoms with Gasteiger partial charge in [-0.3, -0.25) is 9.53 Å². The first-order chi connectivity index (χ1) is 7.04. The normalized spacial score (nSPS) is 34.9. The predicted octanol–water partition coefficient (Wildman–Crippen LogP) is 1.04. The Labute approximate surface area is 87.5 Å². The lowest BCUT2D eigenvalue weighted by Crippen LogP contribution is -2.49. The van der Waals surface area contributed by atoms with Crippen LogP contribution in [-0.2, 0) is 14.3 Å². The maximum absolute atomic E-state index is 11.7. The molecule has 0 aromatic rings. The van der Waals surface area contributed by atoms with Crippen LogP contribution in [0.15, 0.2) is 35.6 Å². The zero-order valence-electron chi connectivity index (χ0n) is 8.56. The van der Waals surface area contributed by atoms with Crippen LogP contribution in [0.4, 0.5) is 0 Å². The van der Waals surface area contributed by atoms with Crippen molar-refractivity contribution >= 4 is 5.78 Å². The Kier molecular flexibility index (Phi) is 2.25. The lowest BCUT2D eigenvalue weighted by atomic mass is 9.97. The van der Waals surface area contributed by atoms with Gasteiger partial charge >= 0.3 is 0 Å². The van der Waals surface area contributed by atoms with Crippen LogP contribution in [0.3, 0.4) is 0 Å². The van der Waals surface area contributed by atoms with E-state index in [-0.39, 0.29) is 5.78 Å². The van der Waals surface area contributed by atoms with E-state index in [9.17, 15) is 9.90 Å². The van der Waals surface area contributed by atoms with Crippen LogP contribution in [-0.4, -0.2) is 23.0 Å². The standard InChI is InChI=1S/C11H12O4/c1-7-5-8(2)11(14-6-7)9(12)3-4-10(13)15-11/h3-6,10,13H,1-2H3. The maximum atomic E-state index is 11.7. The molecule has 2 rings (SSSR count). The summed E-state index contributed by atoms with van der Waals surface area (Å²) < 4.78 is 10.5. The number of hydrogen-bond acceptors (Lipinski definition) is 4. The molecule has 2 atom stereocenters. The minimum absolute atomic E-state index is 0.315. The van der Waals surface area contributed by atoms with Gasteiger partial charge in [-0.1, -0.05) is 6.08 Å². The van der Waals surface area contributed by atoms with Crippen LogP contribution in [0, 0.1) is 0 Å². The topological polar surface area (TPSA) is 55.8 Å². The van der Waals surface area contributed by atoms with Crippen molar-refractivity contribution in [3.63, 3.8) is 0 Å². The zero-order chi connectivity index (χ0) is 11.1. The molecule has 2 unspecified atom stereocenters. The highest BCUT2D eigenvalue weighted by Crippen LogP contribution is 2.33. The molecule has 0 aromatic carbocycles. The molecule has 2 aliphatic rings. The molecular weight excluding hydrogens is 196 g/mol. The highest BCUT2D eigenvalue weighted by atomic mass is 16.7. The van der Waals surface area contributed by atoms with Crippen LogP contribution in [0.25, 0.3) is 0 Å². The highest BCUT2D eigenvalue weighted by Gasteiger charge is 2.46. The van der Waals surface area contributed by atoms with Crippen LogP contribution in [0.1, 0.15) is 13.8 Å². The van der Waals surface area contributed by atoms with Gasteiger partial charge in [-0.15, -0.1) is 0 Å². The van der Waals surface area contributed by atoms with Gasteiger partial charge in [-0.25, -0.2) is 0 Å². The summed E-state index contributed by atoms with van der Waals surface area (Å²) in [4.78, 5) is 11.7. The van der Waals surface area contributed by atoms with Crippen molar-refractivity contribution in [3.05, 3.63) is 35.6 Å². The average molecular weight is 208 g/mol. The van der Waals surface area contributed by atoms with Crippen molar-refractivity contribution in [3.8, 4) is 0 Å². The highest BCUT2D eigenvalue weighted by molar-refractivity contribution is 5.99. The Morgan fingerprint density at radius 1 is 1.47 bits per heavy atom. The minimum atomic E-state index is -1.46. The molecule has 1 N–H and O–H groups in total. The second kappa shape index (κ2) is 3.32. The monoisotopic (exact) mass is 208 g/mol. The molecule has 0 fully saturated rings. The van der Waals surface area contributed by atoms with Gasteiger partial charge < -0.3 is 9.84 Å². The first kappa shape index (κ1) is 10.1. The molecule has 2 heterocycles. The number of aliphatic hydroxyl groups excluding tert-OH is 1. The number of carbonyl (C=O) groups is 1. The summed E-state index contributed by atoms with van der Waals surface area (Å²) in [7, 11) is 0. The summed E-state index contributed by atoms with van der Waals surface area (Å²) in [5, 5.41) is 9.34. The van der Waals surface area contributed by atoms with Gasteiger partial charge in [0.15, 0.2) is 6.29 Å². The second-order valence-corrected chi connectivity index (χ2v) is 3.66. The Morgan fingerprint density at radius 3 is 2.87 bits per heavy atom. The second-order valence-electron chi connectivity index (χ2n) is 3.66. The number of allylic oxidation sites excluding steroid dienone is 2. The Bertz CT molecular complexity index is 391. The quantitative estimate of drug-likeness (QED) is 0.646. The maximum Gasteiger partial charge on any atom is 0.299 e. The number of ether oxygens (including phenoxy) is 2. The molecule has 0 aromatic heterocycles. The third-order valence-electron chi connectivity index (χ3n) is 2.40. The summed E-state index contributed by atoms with van der Waals surface area (Å²) in [6.45, 7) is 3.59. The molecule has 4 nitrogen and oxygen atoms in total. The summed E-state index contributed by atoms with van der Waals surface area (Å²) in [5.41, 5.74) is 1.54. The lowest BCUT2D eigenvalue weighted by molar-refractivity contribution is -0.239. The third kappa shape index (κ3) is 1.52. The van der Waals surface area contributed by atoms with E-state index >= 15 is 0 Å². The van der Waals surface area contributed by atoms with E-state index in [0.717, 1.165) is 5.57 Å². The van der Waals surface area contributed by atoms with Gasteiger partial charge in [0.2, 0.25) is 5.78 Å². The van der Waals surface area contributed by atoms with Gasteiger partial charge in [-0.05, 0) is 31.6 Å². The molecular formula is C11H12O4. The van der Waals surface area contributed by atoms with Crippen molar-refractivity contribution in [2.45, 2.75) is 25.9 Å². The van der Waals surface area contributed by atoms with E-state index in [0.29, 0.717) is 5.57 Å². The predicted molar refractivity (Wildman–Crippen MR) is 52.6 cm³/mol. The minimum Gasteiger partial charge on any atom is -0.458 e. The van der Waals surface area contributed by atoms with Crippen molar-refractivity contribution in [1.29, 1.82) is 0 Å². The average Bonchev–Trinajstić information content (AvgIpc) is 2.18. The molecule has 0 saturated carbocycles. The van der Waals surface area contributed by atoms with Crippen molar-refractivity contribution in [1.82, 2.24) is 0 Å². The molecule has 0 bridgehead atoms. The van der Waals surface area contributed by atoms with E-state index in [1.807, 2.05) is 6.92 Å². The molecule has 4 heteroatoms. The summed E-state index contributed by atoms with van der Waals surface area (Å²) in [6, 6.07) is 0. The number of hydrogen-bond donors (Lipinski definition) is 1. The fourth-order valence-corrected chi connectivity index (χ4v) is 1.66. The first-order valence-corrected chi connectivity index (χ1v) is 4.66. The van der Waals surface area contributed by atoms with E-state index in [2.05, 4.69) is 0 Å². The summed E-state index contributed by atoms with van der Waals surface area (Å²) >= 11 is 0. The fourth-order valence-electron chi connectivity index (χ4n) is 1.66. The van der Waals surface area contributed by atoms with E-state index in [4.69, 9.17) is 9.47 Å². The van der Waals surface area contributed by atoms with Gasteiger partial charge in [-0.2, -0.15) is 0 Å². The fraction of sp³-hybridized carbons (Fsp3) is 0.364. The molecule has 0 aliphatic carbocycles. The van der Waals surface area contributed by atoms with Gasteiger partial charge in [0.05, 0.1) is 6.26 Å². The number of rotatable bonds is 0. The van der Waals surface area contributed by atoms with Crippen LogP contribution >= 0.6 is 0 Å². The zero-order valence-corrected chi connectivity index (χ0v) is 8.56. The molecule has 0 saturated heterocycles. The van der Waals surface area contributed by atoms with Crippen LogP contribution in [0.2, 0.25) is 0 Å². The SMILES string of the molecule is CC1=COC2(OC(O)C=CC2=O)C(C)=C1. The smallest absolute Gasteiger partial charge is 0.299 e. The Hall–Kier alpha value is -1.39. The Morgan fingerprint density at radius 2 is 2.20 bits per heavy atom. The molecule has 0 radical (unpaired) electrons. The van der Waals surface area contributed by atoms with E-state index < -0.39 is 12.1 Å². The number of aliphatic hydroxyl groups is 1. The van der Waals surface area contributed by atoms with Gasteiger partial charge in [0.25, 0.3) is 5.79 Å². The van der Waals surface area contributed by atoms with E-state index in [1.54, 1.807) is 13.0 Å². The molecule has 80 valence electrons. The van der Waals surface area contributed by atoms with Crippen LogP contribution < -0.4 is 0 Å². The molecule has 2 aliphatic heterocycles. The Balaban J connectivity index is 2.40. The molecule has 15 heavy (non-hydrogen) atoms. The third-order valence-corrected chi connectivity index (χ3v) is 2.40. The van der Waals surface area contributed by atoms with Gasteiger partial charge in [0, 0.05) is 5.57 Å². The largest absolute Gasteiger partial charge is 0.458 e. The summed E-state index contributed by atoms with van der Waals surface area (Å²) in [5.74, 6) is -1.78. The van der Waals surface area contributed by atoms with E-state index in [1.165, 1.54) is 18.4 Å². The summed E-state index contributed by atoms with van der Waals surface area (Å²) in [6.07, 6.45) is 4.71. The van der Waals surface area contributed by atoms with Crippen molar-refractivity contribution in [2.24, 2.45) is 0 Å². The molecule has 0 amide bonds. The van der Waals surface area contributed by atoms with Gasteiger partial charge in [0.1, 0.15) is 0 Å². The first-order valence-electron chi connectivity index (χ1n) is 4.66. The van der Waals surface area contributed by atoms with Crippen molar-refractivity contribution in [2.75, 3.05) is 0 Å². The number of ketones is 1.